The number of halogens is 6. The van der Waals surface area contributed by atoms with E-state index in [1.54, 1.807) is 13.0 Å². The third-order valence-electron chi connectivity index (χ3n) is 10.7. The molecule has 0 bridgehead atoms. The van der Waals surface area contributed by atoms with Crippen LogP contribution >= 0.6 is 0 Å². The van der Waals surface area contributed by atoms with Gasteiger partial charge in [0.2, 0.25) is 0 Å². The van der Waals surface area contributed by atoms with Gasteiger partial charge in [0.15, 0.2) is 23.2 Å². The highest BCUT2D eigenvalue weighted by Crippen LogP contribution is 2.52. The normalized spacial score (nSPS) is 21.6. The number of aromatic amines is 2. The van der Waals surface area contributed by atoms with Crippen LogP contribution in [0.25, 0.3) is 0 Å². The Morgan fingerprint density at radius 1 is 0.630 bits per heavy atom. The van der Waals surface area contributed by atoms with Crippen molar-refractivity contribution in [3.8, 4) is 0 Å². The quantitative estimate of drug-likeness (QED) is 0.152. The van der Waals surface area contributed by atoms with Gasteiger partial charge in [-0.3, -0.25) is 19.8 Å². The Balaban J connectivity index is 0.000000167. The number of ketones is 2. The summed E-state index contributed by atoms with van der Waals surface area (Å²) < 4.78 is 80.0. The lowest BCUT2D eigenvalue weighted by atomic mass is 9.68. The van der Waals surface area contributed by atoms with E-state index in [0.29, 0.717) is 71.0 Å². The van der Waals surface area contributed by atoms with Gasteiger partial charge in [-0.1, -0.05) is 58.0 Å². The summed E-state index contributed by atoms with van der Waals surface area (Å²) in [7, 11) is 0. The highest BCUT2D eigenvalue weighted by molar-refractivity contribution is 6.02. The number of benzene rings is 2. The minimum absolute atomic E-state index is 0.0323. The van der Waals surface area contributed by atoms with Gasteiger partial charge in [-0.2, -0.15) is 36.5 Å². The number of aromatic nitrogens is 4. The lowest BCUT2D eigenvalue weighted by molar-refractivity contribution is -0.138. The molecule has 0 fully saturated rings. The number of aryl methyl sites for hydroxylation is 2. The van der Waals surface area contributed by atoms with Crippen molar-refractivity contribution < 1.29 is 35.9 Å². The zero-order valence-corrected chi connectivity index (χ0v) is 30.6. The maximum absolute atomic E-state index is 13.7. The van der Waals surface area contributed by atoms with E-state index in [0.717, 1.165) is 35.2 Å². The number of hydrogen-bond acceptors (Lipinski definition) is 6. The summed E-state index contributed by atoms with van der Waals surface area (Å²) in [5, 5.41) is 20.8. The van der Waals surface area contributed by atoms with Crippen LogP contribution < -0.4 is 10.6 Å². The van der Waals surface area contributed by atoms with E-state index in [9.17, 15) is 35.9 Å². The van der Waals surface area contributed by atoms with E-state index < -0.39 is 35.3 Å². The van der Waals surface area contributed by atoms with Crippen LogP contribution in [0.15, 0.2) is 71.1 Å². The predicted octanol–water partition coefficient (Wildman–Crippen LogP) is 9.88. The van der Waals surface area contributed by atoms with Crippen LogP contribution in [-0.2, 0) is 21.9 Å². The lowest BCUT2D eigenvalue weighted by Crippen LogP contribution is -2.34. The smallest absolute Gasteiger partial charge is 0.342 e. The first-order chi connectivity index (χ1) is 25.1. The lowest BCUT2D eigenvalue weighted by Gasteiger charge is -2.38. The van der Waals surface area contributed by atoms with Gasteiger partial charge in [0, 0.05) is 69.7 Å². The summed E-state index contributed by atoms with van der Waals surface area (Å²) in [5.41, 5.74) is 4.38. The van der Waals surface area contributed by atoms with Gasteiger partial charge in [-0.05, 0) is 66.8 Å². The van der Waals surface area contributed by atoms with Gasteiger partial charge in [-0.15, -0.1) is 0 Å². The molecule has 2 unspecified atom stereocenters. The Bertz CT molecular complexity index is 2240. The van der Waals surface area contributed by atoms with Crippen molar-refractivity contribution in [3.63, 3.8) is 0 Å². The number of nitrogens with one attached hydrogen (secondary N) is 4. The number of fused-ring (bicyclic) bond motifs is 2. The van der Waals surface area contributed by atoms with Crippen LogP contribution in [-0.4, -0.2) is 32.0 Å². The zero-order valence-electron chi connectivity index (χ0n) is 30.6. The number of hydrogen-bond donors (Lipinski definition) is 4. The Morgan fingerprint density at radius 3 is 1.57 bits per heavy atom. The van der Waals surface area contributed by atoms with Gasteiger partial charge in [0.25, 0.3) is 0 Å². The Labute approximate surface area is 307 Å². The van der Waals surface area contributed by atoms with Crippen molar-refractivity contribution in [2.75, 3.05) is 10.6 Å². The van der Waals surface area contributed by atoms with Gasteiger partial charge < -0.3 is 10.6 Å². The largest absolute Gasteiger partial charge is 0.416 e. The third kappa shape index (κ3) is 6.64. The molecular weight excluding hydrogens is 710 g/mol. The molecule has 2 aliphatic heterocycles. The van der Waals surface area contributed by atoms with Gasteiger partial charge >= 0.3 is 12.4 Å². The second-order valence-electron chi connectivity index (χ2n) is 16.2. The first-order valence-corrected chi connectivity index (χ1v) is 17.6. The average molecular weight is 751 g/mol. The van der Waals surface area contributed by atoms with E-state index in [2.05, 4.69) is 31.0 Å². The van der Waals surface area contributed by atoms with Crippen molar-refractivity contribution in [3.05, 3.63) is 116 Å². The molecule has 2 atom stereocenters. The minimum atomic E-state index is -4.50. The van der Waals surface area contributed by atoms with Crippen LogP contribution in [0.4, 0.5) is 38.0 Å². The van der Waals surface area contributed by atoms with Crippen molar-refractivity contribution in [1.82, 2.24) is 20.4 Å². The molecule has 0 saturated heterocycles. The summed E-state index contributed by atoms with van der Waals surface area (Å²) in [5.74, 6) is -0.135. The summed E-state index contributed by atoms with van der Waals surface area (Å²) >= 11 is 0. The van der Waals surface area contributed by atoms with E-state index in [1.165, 1.54) is 24.3 Å². The van der Waals surface area contributed by atoms with Crippen LogP contribution in [0.2, 0.25) is 0 Å². The molecule has 4 aromatic rings. The number of carbonyl (C=O) groups excluding carboxylic acids is 2. The first-order valence-electron chi connectivity index (χ1n) is 17.6. The summed E-state index contributed by atoms with van der Waals surface area (Å²) in [4.78, 5) is 26.0. The molecule has 0 saturated carbocycles. The first kappa shape index (κ1) is 37.2. The summed E-state index contributed by atoms with van der Waals surface area (Å²) in [6.45, 7) is 11.7. The van der Waals surface area contributed by atoms with Crippen LogP contribution in [0.3, 0.4) is 0 Å². The second-order valence-corrected chi connectivity index (χ2v) is 16.2. The highest BCUT2D eigenvalue weighted by atomic mass is 19.4. The molecule has 54 heavy (non-hydrogen) atoms. The molecule has 284 valence electrons. The Morgan fingerprint density at radius 2 is 1.09 bits per heavy atom. The molecule has 2 aliphatic carbocycles. The van der Waals surface area contributed by atoms with E-state index in [4.69, 9.17) is 0 Å². The molecule has 2 aromatic heterocycles. The minimum Gasteiger partial charge on any atom is -0.342 e. The number of alkyl halides is 6. The number of nitrogens with zero attached hydrogens (tertiary/aromatic N) is 2. The van der Waals surface area contributed by atoms with Crippen LogP contribution in [0.5, 0.6) is 0 Å². The molecule has 14 heteroatoms. The molecular formula is C40H40F6N6O2. The molecule has 4 aliphatic rings. The number of carbonyl (C=O) groups is 2. The second kappa shape index (κ2) is 12.7. The molecule has 4 N–H and O–H groups in total. The third-order valence-corrected chi connectivity index (χ3v) is 10.7. The Kier molecular flexibility index (Phi) is 8.77. The fourth-order valence-corrected chi connectivity index (χ4v) is 8.43. The molecule has 0 spiro atoms. The monoisotopic (exact) mass is 750 g/mol. The molecule has 0 amide bonds. The van der Waals surface area contributed by atoms with E-state index >= 15 is 0 Å². The Hall–Kier alpha value is -5.14. The van der Waals surface area contributed by atoms with Gasteiger partial charge in [-0.25, -0.2) is 0 Å². The maximum Gasteiger partial charge on any atom is 0.416 e. The van der Waals surface area contributed by atoms with Crippen molar-refractivity contribution in [2.45, 2.75) is 91.4 Å². The SMILES string of the molecule is Cc1[nH]nc2c1C(c1ccc(C(F)(F)F)cc1)C1=C(CC(C)(C)CC1=O)N2.Cc1[nH]nc2c1C(c1ccccc1C(F)(F)F)C1=C(CC(C)(C)CC1=O)N2. The summed E-state index contributed by atoms with van der Waals surface area (Å²) in [6.07, 6.45) is -6.89. The molecule has 8 rings (SSSR count). The van der Waals surface area contributed by atoms with Crippen LogP contribution in [0, 0.1) is 24.7 Å². The topological polar surface area (TPSA) is 116 Å². The number of anilines is 2. The maximum atomic E-state index is 13.7. The number of rotatable bonds is 2. The fourth-order valence-electron chi connectivity index (χ4n) is 8.43. The van der Waals surface area contributed by atoms with Crippen molar-refractivity contribution in [1.29, 1.82) is 0 Å². The number of Topliss-reactive ketones (excluding diaryl/α,β-unsaturated/α-hetero) is 2. The standard InChI is InChI=1S/2C20H20F3N3O/c1-10-15-16(11-4-6-12(7-5-11)20(21,22)23)17-13(24-18(15)26-25-10)8-19(2,3)9-14(17)27;1-10-15-16(11-6-4-5-7-12(11)20(21,22)23)17-13(24-18(15)26-25-10)8-19(2,3)9-14(17)27/h2*4-7,16H,8-9H2,1-3H3,(H2,24,25,26). The fraction of sp³-hybridized carbons (Fsp3) is 0.400. The molecule has 8 nitrogen and oxygen atoms in total. The number of allylic oxidation sites excluding steroid dienone is 4. The van der Waals surface area contributed by atoms with Crippen molar-refractivity contribution >= 4 is 23.2 Å². The zero-order chi connectivity index (χ0) is 39.1. The van der Waals surface area contributed by atoms with Crippen molar-refractivity contribution in [2.24, 2.45) is 10.8 Å². The molecule has 2 aromatic carbocycles. The molecule has 0 radical (unpaired) electrons. The average Bonchev–Trinajstić information content (AvgIpc) is 3.62. The van der Waals surface area contributed by atoms with Crippen LogP contribution in [0.1, 0.15) is 110 Å². The predicted molar refractivity (Wildman–Crippen MR) is 191 cm³/mol. The molecule has 4 heterocycles. The van der Waals surface area contributed by atoms with E-state index in [1.807, 2.05) is 34.6 Å². The van der Waals surface area contributed by atoms with Gasteiger partial charge in [0.1, 0.15) is 0 Å². The van der Waals surface area contributed by atoms with E-state index in [-0.39, 0.29) is 28.0 Å². The van der Waals surface area contributed by atoms with Gasteiger partial charge in [0.05, 0.1) is 11.1 Å². The summed E-state index contributed by atoms with van der Waals surface area (Å²) in [6, 6.07) is 10.6. The number of H-pyrrole nitrogens is 2. The highest BCUT2D eigenvalue weighted by Gasteiger charge is 2.46.